The maximum absolute atomic E-state index is 14.1. The summed E-state index contributed by atoms with van der Waals surface area (Å²) in [5.74, 6) is -0.0986. The number of anilines is 1. The van der Waals surface area contributed by atoms with Crippen molar-refractivity contribution in [2.45, 2.75) is 25.8 Å². The molecule has 1 aliphatic rings. The van der Waals surface area contributed by atoms with E-state index in [-0.39, 0.29) is 23.9 Å². The molecule has 10 heteroatoms. The maximum Gasteiger partial charge on any atom is 0.272 e. The predicted molar refractivity (Wildman–Crippen MR) is 141 cm³/mol. The Morgan fingerprint density at radius 2 is 1.97 bits per heavy atom. The van der Waals surface area contributed by atoms with E-state index < -0.39 is 6.23 Å². The average Bonchev–Trinajstić information content (AvgIpc) is 3.57. The molecule has 0 saturated carbocycles. The van der Waals surface area contributed by atoms with Crippen LogP contribution in [0.1, 0.15) is 23.9 Å². The first-order valence-corrected chi connectivity index (χ1v) is 12.4. The van der Waals surface area contributed by atoms with Gasteiger partial charge in [0.15, 0.2) is 6.23 Å². The van der Waals surface area contributed by atoms with E-state index in [9.17, 15) is 19.4 Å². The third-order valence-electron chi connectivity index (χ3n) is 6.99. The van der Waals surface area contributed by atoms with Gasteiger partial charge < -0.3 is 20.3 Å². The van der Waals surface area contributed by atoms with Gasteiger partial charge in [-0.25, -0.2) is 9.49 Å². The van der Waals surface area contributed by atoms with E-state index in [1.807, 2.05) is 12.1 Å². The van der Waals surface area contributed by atoms with Crippen molar-refractivity contribution in [2.24, 2.45) is 5.92 Å². The van der Waals surface area contributed by atoms with Gasteiger partial charge in [-0.2, -0.15) is 10.2 Å². The molecule has 0 bridgehead atoms. The van der Waals surface area contributed by atoms with Gasteiger partial charge in [0.1, 0.15) is 11.5 Å². The number of aliphatic hydroxyl groups is 2. The summed E-state index contributed by atoms with van der Waals surface area (Å²) in [4.78, 5) is 12.2. The van der Waals surface area contributed by atoms with E-state index in [0.717, 1.165) is 6.42 Å². The standard InChI is InChI=1S/C28H26FN5O4/c29-18-5-7-23-24(12-18)34(13-16-9-10-38-15-16)33-26(23)28(37)30-19-6-8-20(17(11-19)14-35)25-21-3-1-2-4-22(21)27(36)32-31-25/h1-8,11-12,16,28,30,35,37H,9-10,13-15H2,(H,32,36). The zero-order valence-corrected chi connectivity index (χ0v) is 20.4. The monoisotopic (exact) mass is 515 g/mol. The number of aromatic nitrogens is 4. The second kappa shape index (κ2) is 9.97. The number of fused-ring (bicyclic) bond motifs is 2. The van der Waals surface area contributed by atoms with Gasteiger partial charge in [-0.3, -0.25) is 9.48 Å². The Kier molecular flexibility index (Phi) is 6.36. The molecule has 4 N–H and O–H groups in total. The van der Waals surface area contributed by atoms with Crippen molar-refractivity contribution in [1.82, 2.24) is 20.0 Å². The first-order valence-electron chi connectivity index (χ1n) is 12.4. The first kappa shape index (κ1) is 24.2. The number of ether oxygens (including phenoxy) is 1. The molecule has 3 aromatic carbocycles. The van der Waals surface area contributed by atoms with Crippen molar-refractivity contribution in [3.63, 3.8) is 0 Å². The molecule has 1 saturated heterocycles. The molecule has 1 fully saturated rings. The number of aromatic amines is 1. The lowest BCUT2D eigenvalue weighted by Gasteiger charge is -2.16. The lowest BCUT2D eigenvalue weighted by molar-refractivity contribution is 0.181. The maximum atomic E-state index is 14.1. The van der Waals surface area contributed by atoms with Crippen LogP contribution in [0.15, 0.2) is 65.5 Å². The molecule has 0 aliphatic carbocycles. The van der Waals surface area contributed by atoms with E-state index in [0.29, 0.717) is 69.6 Å². The minimum Gasteiger partial charge on any atom is -0.392 e. The highest BCUT2D eigenvalue weighted by atomic mass is 19.1. The molecule has 0 spiro atoms. The largest absolute Gasteiger partial charge is 0.392 e. The lowest BCUT2D eigenvalue weighted by Crippen LogP contribution is -2.14. The number of hydrogen-bond donors (Lipinski definition) is 4. The van der Waals surface area contributed by atoms with Crippen molar-refractivity contribution in [3.05, 3.63) is 88.1 Å². The zero-order valence-electron chi connectivity index (χ0n) is 20.4. The Labute approximate surface area is 216 Å². The normalized spacial score (nSPS) is 16.3. The minimum absolute atomic E-state index is 0.275. The van der Waals surface area contributed by atoms with Crippen molar-refractivity contribution >= 4 is 27.4 Å². The summed E-state index contributed by atoms with van der Waals surface area (Å²) in [6.45, 7) is 1.61. The van der Waals surface area contributed by atoms with E-state index in [1.165, 1.54) is 12.1 Å². The third-order valence-corrected chi connectivity index (χ3v) is 6.99. The third kappa shape index (κ3) is 4.43. The Morgan fingerprint density at radius 3 is 2.76 bits per heavy atom. The fourth-order valence-corrected chi connectivity index (χ4v) is 5.08. The fourth-order valence-electron chi connectivity index (χ4n) is 5.08. The summed E-state index contributed by atoms with van der Waals surface area (Å²) in [6, 6.07) is 16.8. The van der Waals surface area contributed by atoms with Gasteiger partial charge in [-0.15, -0.1) is 0 Å². The second-order valence-electron chi connectivity index (χ2n) is 9.48. The molecular weight excluding hydrogens is 489 g/mol. The summed E-state index contributed by atoms with van der Waals surface area (Å²) < 4.78 is 21.3. The van der Waals surface area contributed by atoms with Crippen molar-refractivity contribution < 1.29 is 19.3 Å². The van der Waals surface area contributed by atoms with Gasteiger partial charge in [0.05, 0.1) is 29.8 Å². The number of nitrogens with zero attached hydrogens (tertiary/aromatic N) is 3. The van der Waals surface area contributed by atoms with Crippen LogP contribution in [0.2, 0.25) is 0 Å². The summed E-state index contributed by atoms with van der Waals surface area (Å²) in [5.41, 5.74) is 3.00. The lowest BCUT2D eigenvalue weighted by atomic mass is 9.99. The van der Waals surface area contributed by atoms with E-state index in [4.69, 9.17) is 4.74 Å². The molecule has 194 valence electrons. The summed E-state index contributed by atoms with van der Waals surface area (Å²) >= 11 is 0. The highest BCUT2D eigenvalue weighted by Gasteiger charge is 2.23. The number of H-pyrrole nitrogens is 1. The molecular formula is C28H26FN5O4. The Morgan fingerprint density at radius 1 is 1.13 bits per heavy atom. The number of rotatable bonds is 7. The molecule has 6 rings (SSSR count). The Bertz CT molecular complexity index is 1690. The number of halogens is 1. The van der Waals surface area contributed by atoms with Crippen LogP contribution in [0.3, 0.4) is 0 Å². The van der Waals surface area contributed by atoms with E-state index >= 15 is 0 Å². The van der Waals surface area contributed by atoms with Crippen LogP contribution >= 0.6 is 0 Å². The van der Waals surface area contributed by atoms with Crippen LogP contribution in [-0.2, 0) is 17.9 Å². The average molecular weight is 516 g/mol. The predicted octanol–water partition coefficient (Wildman–Crippen LogP) is 3.71. The quantitative estimate of drug-likeness (QED) is 0.244. The Hall–Kier alpha value is -4.12. The summed E-state index contributed by atoms with van der Waals surface area (Å²) in [5, 5.41) is 37.5. The minimum atomic E-state index is -1.19. The SMILES string of the molecule is O=c1[nH]nc(-c2ccc(NC(O)c3nn(CC4CCOC4)c4cc(F)ccc34)cc2CO)c2ccccc12. The Balaban J connectivity index is 1.33. The van der Waals surface area contributed by atoms with Crippen LogP contribution in [0.25, 0.3) is 32.9 Å². The molecule has 2 atom stereocenters. The highest BCUT2D eigenvalue weighted by molar-refractivity contribution is 5.94. The molecule has 0 radical (unpaired) electrons. The van der Waals surface area contributed by atoms with Gasteiger partial charge in [0, 0.05) is 41.1 Å². The van der Waals surface area contributed by atoms with Gasteiger partial charge in [-0.1, -0.05) is 24.3 Å². The molecule has 2 aromatic heterocycles. The number of hydrogen-bond acceptors (Lipinski definition) is 7. The molecule has 5 aromatic rings. The number of benzene rings is 3. The second-order valence-corrected chi connectivity index (χ2v) is 9.48. The van der Waals surface area contributed by atoms with Gasteiger partial charge in [0.2, 0.25) is 0 Å². The van der Waals surface area contributed by atoms with E-state index in [1.54, 1.807) is 41.1 Å². The summed E-state index contributed by atoms with van der Waals surface area (Å²) in [6.07, 6.45) is -0.281. The van der Waals surface area contributed by atoms with Crippen molar-refractivity contribution in [3.8, 4) is 11.3 Å². The molecule has 2 unspecified atom stereocenters. The summed E-state index contributed by atoms with van der Waals surface area (Å²) in [7, 11) is 0. The topological polar surface area (TPSA) is 125 Å². The van der Waals surface area contributed by atoms with Gasteiger partial charge in [-0.05, 0) is 48.4 Å². The first-order chi connectivity index (χ1) is 18.5. The number of nitrogens with one attached hydrogen (secondary N) is 2. The molecule has 3 heterocycles. The molecule has 38 heavy (non-hydrogen) atoms. The number of aliphatic hydroxyl groups excluding tert-OH is 2. The molecule has 0 amide bonds. The fraction of sp³-hybridized carbons (Fsp3) is 0.250. The van der Waals surface area contributed by atoms with Crippen molar-refractivity contribution in [1.29, 1.82) is 0 Å². The van der Waals surface area contributed by atoms with Gasteiger partial charge in [0.25, 0.3) is 5.56 Å². The molecule has 9 nitrogen and oxygen atoms in total. The van der Waals surface area contributed by atoms with Crippen LogP contribution in [0.5, 0.6) is 0 Å². The van der Waals surface area contributed by atoms with Crippen LogP contribution < -0.4 is 10.9 Å². The van der Waals surface area contributed by atoms with Crippen LogP contribution in [0, 0.1) is 11.7 Å². The zero-order chi connectivity index (χ0) is 26.2. The van der Waals surface area contributed by atoms with Gasteiger partial charge >= 0.3 is 0 Å². The smallest absolute Gasteiger partial charge is 0.272 e. The molecule has 1 aliphatic heterocycles. The van der Waals surface area contributed by atoms with Crippen LogP contribution in [-0.4, -0.2) is 43.4 Å². The highest BCUT2D eigenvalue weighted by Crippen LogP contribution is 2.32. The van der Waals surface area contributed by atoms with E-state index in [2.05, 4.69) is 20.6 Å². The van der Waals surface area contributed by atoms with Crippen molar-refractivity contribution in [2.75, 3.05) is 18.5 Å². The van der Waals surface area contributed by atoms with Crippen LogP contribution in [0.4, 0.5) is 10.1 Å².